The van der Waals surface area contributed by atoms with E-state index in [0.717, 1.165) is 116 Å². The van der Waals surface area contributed by atoms with E-state index in [2.05, 4.69) is 118 Å². The van der Waals surface area contributed by atoms with Crippen LogP contribution >= 0.6 is 0 Å². The topological polar surface area (TPSA) is 78.9 Å². The normalized spacial score (nSPS) is 12.7. The molecule has 0 aromatic rings. The average Bonchev–Trinajstić information content (AvgIpc) is 3.46. The van der Waals surface area contributed by atoms with E-state index in [1.807, 2.05) is 0 Å². The maximum Gasteiger partial charge on any atom is 0.306 e. The lowest BCUT2D eigenvalue weighted by Crippen LogP contribution is -2.30. The fraction of sp³-hybridized carbons (Fsp3) is 0.743. The van der Waals surface area contributed by atoms with Crippen LogP contribution in [0, 0.1) is 0 Å². The van der Waals surface area contributed by atoms with Gasteiger partial charge in [-0.05, 0) is 103 Å². The number of allylic oxidation sites excluding steroid dienone is 16. The molecule has 0 amide bonds. The molecule has 460 valence electrons. The smallest absolute Gasteiger partial charge is 0.306 e. The largest absolute Gasteiger partial charge is 0.462 e. The minimum Gasteiger partial charge on any atom is -0.462 e. The van der Waals surface area contributed by atoms with Gasteiger partial charge in [0.2, 0.25) is 0 Å². The highest BCUT2D eigenvalue weighted by Crippen LogP contribution is 2.17. The van der Waals surface area contributed by atoms with Crippen molar-refractivity contribution >= 4 is 17.9 Å². The molecule has 6 heteroatoms. The number of carbonyl (C=O) groups excluding carboxylic acids is 3. The van der Waals surface area contributed by atoms with Gasteiger partial charge < -0.3 is 14.2 Å². The lowest BCUT2D eigenvalue weighted by atomic mass is 10.0. The van der Waals surface area contributed by atoms with Crippen LogP contribution in [0.5, 0.6) is 0 Å². The van der Waals surface area contributed by atoms with Crippen molar-refractivity contribution in [2.24, 2.45) is 0 Å². The summed E-state index contributed by atoms with van der Waals surface area (Å²) < 4.78 is 16.9. The van der Waals surface area contributed by atoms with Gasteiger partial charge in [0.1, 0.15) is 13.2 Å². The predicted octanol–water partition coefficient (Wildman–Crippen LogP) is 23.6. The summed E-state index contributed by atoms with van der Waals surface area (Å²) in [6.07, 6.45) is 91.4. The summed E-state index contributed by atoms with van der Waals surface area (Å²) in [5.74, 6) is -0.924. The molecule has 0 aliphatic carbocycles. The van der Waals surface area contributed by atoms with Gasteiger partial charge in [-0.15, -0.1) is 0 Å². The first-order chi connectivity index (χ1) is 39.5. The molecule has 0 aliphatic heterocycles. The van der Waals surface area contributed by atoms with Crippen molar-refractivity contribution < 1.29 is 28.6 Å². The Labute approximate surface area is 496 Å². The molecule has 0 aliphatic rings. The Morgan fingerprint density at radius 2 is 0.487 bits per heavy atom. The lowest BCUT2D eigenvalue weighted by molar-refractivity contribution is -0.167. The summed E-state index contributed by atoms with van der Waals surface area (Å²) in [5.41, 5.74) is 0. The highest BCUT2D eigenvalue weighted by atomic mass is 16.6. The Balaban J connectivity index is 4.40. The first-order valence-corrected chi connectivity index (χ1v) is 34.2. The van der Waals surface area contributed by atoms with Gasteiger partial charge in [0, 0.05) is 19.3 Å². The van der Waals surface area contributed by atoms with Crippen molar-refractivity contribution in [1.29, 1.82) is 0 Å². The molecular weight excluding hydrogens is 985 g/mol. The van der Waals surface area contributed by atoms with Crippen molar-refractivity contribution in [2.45, 2.75) is 341 Å². The number of unbranched alkanes of at least 4 members (excludes halogenated alkanes) is 35. The van der Waals surface area contributed by atoms with Crippen LogP contribution < -0.4 is 0 Å². The molecule has 0 spiro atoms. The zero-order valence-electron chi connectivity index (χ0n) is 52.8. The Bertz CT molecular complexity index is 1560. The van der Waals surface area contributed by atoms with Gasteiger partial charge in [-0.2, -0.15) is 0 Å². The third-order valence-corrected chi connectivity index (χ3v) is 14.8. The van der Waals surface area contributed by atoms with Crippen molar-refractivity contribution in [3.63, 3.8) is 0 Å². The molecule has 1 atom stereocenters. The first kappa shape index (κ1) is 76.3. The molecule has 1 unspecified atom stereocenters. The van der Waals surface area contributed by atoms with Crippen LogP contribution in [-0.2, 0) is 28.6 Å². The average molecular weight is 1110 g/mol. The predicted molar refractivity (Wildman–Crippen MR) is 348 cm³/mol. The third kappa shape index (κ3) is 65.1. The fourth-order valence-corrected chi connectivity index (χ4v) is 9.71. The number of esters is 3. The van der Waals surface area contributed by atoms with Crippen LogP contribution in [0.2, 0.25) is 0 Å². The molecule has 0 heterocycles. The Kier molecular flexibility index (Phi) is 64.7. The lowest BCUT2D eigenvalue weighted by Gasteiger charge is -2.18. The second kappa shape index (κ2) is 67.8. The van der Waals surface area contributed by atoms with E-state index in [1.165, 1.54) is 180 Å². The molecule has 0 fully saturated rings. The monoisotopic (exact) mass is 1110 g/mol. The molecule has 0 saturated carbocycles. The molecule has 6 nitrogen and oxygen atoms in total. The van der Waals surface area contributed by atoms with Crippen molar-refractivity contribution in [2.75, 3.05) is 13.2 Å². The molecule has 0 saturated heterocycles. The summed E-state index contributed by atoms with van der Waals surface area (Å²) in [7, 11) is 0. The van der Waals surface area contributed by atoms with Crippen molar-refractivity contribution in [3.05, 3.63) is 97.2 Å². The number of rotatable bonds is 62. The summed E-state index contributed by atoms with van der Waals surface area (Å²) in [5, 5.41) is 0. The molecule has 0 aromatic heterocycles. The number of hydrogen-bond acceptors (Lipinski definition) is 6. The Morgan fingerprint density at radius 3 is 0.800 bits per heavy atom. The van der Waals surface area contributed by atoms with Gasteiger partial charge in [-0.1, -0.05) is 311 Å². The molecule has 0 N–H and O–H groups in total. The third-order valence-electron chi connectivity index (χ3n) is 14.8. The molecular formula is C74H128O6. The van der Waals surface area contributed by atoms with Gasteiger partial charge >= 0.3 is 17.9 Å². The van der Waals surface area contributed by atoms with Crippen LogP contribution in [0.25, 0.3) is 0 Å². The van der Waals surface area contributed by atoms with E-state index >= 15 is 0 Å². The van der Waals surface area contributed by atoms with Gasteiger partial charge in [0.25, 0.3) is 0 Å². The molecule has 0 aromatic carbocycles. The van der Waals surface area contributed by atoms with Crippen molar-refractivity contribution in [1.82, 2.24) is 0 Å². The highest BCUT2D eigenvalue weighted by molar-refractivity contribution is 5.71. The van der Waals surface area contributed by atoms with Gasteiger partial charge in [0.15, 0.2) is 6.10 Å². The zero-order valence-corrected chi connectivity index (χ0v) is 52.8. The number of carbonyl (C=O) groups is 3. The molecule has 80 heavy (non-hydrogen) atoms. The number of hydrogen-bond donors (Lipinski definition) is 0. The second-order valence-electron chi connectivity index (χ2n) is 22.7. The SMILES string of the molecule is CC/C=C\C/C=C\C/C=C\C/C=C\C/C=C\CCCCCC(=O)OC(COC(=O)CCCCCCCC/C=C\C/C=C\C/C=C\CCCCC)COC(=O)CCCCCCCCCCCCCCCCCCCCCCCCCC. The molecule has 0 rings (SSSR count). The van der Waals surface area contributed by atoms with Gasteiger partial charge in [-0.25, -0.2) is 0 Å². The molecule has 0 radical (unpaired) electrons. The highest BCUT2D eigenvalue weighted by Gasteiger charge is 2.19. The summed E-state index contributed by atoms with van der Waals surface area (Å²) >= 11 is 0. The maximum absolute atomic E-state index is 12.9. The minimum absolute atomic E-state index is 0.0932. The van der Waals surface area contributed by atoms with E-state index in [0.29, 0.717) is 12.8 Å². The Morgan fingerprint density at radius 1 is 0.263 bits per heavy atom. The van der Waals surface area contributed by atoms with E-state index in [4.69, 9.17) is 14.2 Å². The van der Waals surface area contributed by atoms with Crippen LogP contribution in [0.4, 0.5) is 0 Å². The minimum atomic E-state index is -0.803. The van der Waals surface area contributed by atoms with Crippen LogP contribution in [0.1, 0.15) is 335 Å². The maximum atomic E-state index is 12.9. The summed E-state index contributed by atoms with van der Waals surface area (Å²) in [6, 6.07) is 0. The fourth-order valence-electron chi connectivity index (χ4n) is 9.71. The molecule has 0 bridgehead atoms. The first-order valence-electron chi connectivity index (χ1n) is 34.2. The summed E-state index contributed by atoms with van der Waals surface area (Å²) in [4.78, 5) is 38.4. The number of ether oxygens (including phenoxy) is 3. The quantitative estimate of drug-likeness (QED) is 0.0261. The van der Waals surface area contributed by atoms with Gasteiger partial charge in [-0.3, -0.25) is 14.4 Å². The van der Waals surface area contributed by atoms with Crippen LogP contribution in [0.3, 0.4) is 0 Å². The summed E-state index contributed by atoms with van der Waals surface area (Å²) in [6.45, 7) is 6.51. The van der Waals surface area contributed by atoms with Crippen molar-refractivity contribution in [3.8, 4) is 0 Å². The second-order valence-corrected chi connectivity index (χ2v) is 22.7. The van der Waals surface area contributed by atoms with Crippen LogP contribution in [-0.4, -0.2) is 37.2 Å². The Hall–Kier alpha value is -3.67. The van der Waals surface area contributed by atoms with E-state index < -0.39 is 6.10 Å². The zero-order chi connectivity index (χ0) is 57.8. The van der Waals surface area contributed by atoms with E-state index in [9.17, 15) is 14.4 Å². The van der Waals surface area contributed by atoms with Gasteiger partial charge in [0.05, 0.1) is 0 Å². The van der Waals surface area contributed by atoms with E-state index in [1.54, 1.807) is 0 Å². The standard InChI is InChI=1S/C74H128O6/c1-4-7-10-13-16-19-22-25-28-31-34-35-36-37-38-41-43-46-49-52-55-58-61-64-67-73(76)79-70-71(80-74(77)68-65-62-59-56-53-50-47-44-40-33-30-27-24-21-18-15-12-9-6-3)69-78-72(75)66-63-60-57-54-51-48-45-42-39-32-29-26-23-20-17-14-11-8-5-2/h9,12,17-18,20-21,26-27,29-30,39-40,42,44,50,53,71H,4-8,10-11,13-16,19,22-25,28,31-38,41,43,45-49,51-52,54-70H2,1-3H3/b12-9-,20-17-,21-18-,29-26-,30-27-,42-39-,44-40-,53-50-. The van der Waals surface area contributed by atoms with E-state index in [-0.39, 0.29) is 37.5 Å². The van der Waals surface area contributed by atoms with Crippen LogP contribution in [0.15, 0.2) is 97.2 Å².